The molecule has 5 rings (SSSR count). The summed E-state index contributed by atoms with van der Waals surface area (Å²) < 4.78 is 5.07. The molecular formula is C19H26N2O3. The molecule has 4 aliphatic rings. The minimum absolute atomic E-state index is 0.00404. The maximum absolute atomic E-state index is 12.9. The molecule has 24 heavy (non-hydrogen) atoms. The summed E-state index contributed by atoms with van der Waals surface area (Å²) in [5.41, 5.74) is 0.276. The Morgan fingerprint density at radius 2 is 2.04 bits per heavy atom. The molecule has 0 aromatic carbocycles. The minimum Gasteiger partial charge on any atom is -0.481 e. The average molecular weight is 330 g/mol. The highest BCUT2D eigenvalue weighted by molar-refractivity contribution is 5.93. The van der Waals surface area contributed by atoms with E-state index in [4.69, 9.17) is 4.74 Å². The molecule has 5 nitrogen and oxygen atoms in total. The van der Waals surface area contributed by atoms with Gasteiger partial charge in [0.25, 0.3) is 0 Å². The van der Waals surface area contributed by atoms with Crippen LogP contribution in [0.5, 0.6) is 5.88 Å². The Labute approximate surface area is 143 Å². The second-order valence-corrected chi connectivity index (χ2v) is 8.37. The first-order chi connectivity index (χ1) is 11.4. The minimum atomic E-state index is -0.509. The van der Waals surface area contributed by atoms with Crippen LogP contribution in [0.15, 0.2) is 18.3 Å². The first kappa shape index (κ1) is 15.9. The van der Waals surface area contributed by atoms with Crippen molar-refractivity contribution >= 4 is 11.6 Å². The molecule has 2 atom stereocenters. The number of carbonyl (C=O) groups excluding carboxylic acids is 1. The first-order valence-electron chi connectivity index (χ1n) is 8.89. The van der Waals surface area contributed by atoms with E-state index in [1.165, 1.54) is 6.42 Å². The molecule has 2 unspecified atom stereocenters. The molecule has 1 aromatic heterocycles. The lowest BCUT2D eigenvalue weighted by molar-refractivity contribution is -0.168. The number of ether oxygens (including phenoxy) is 1. The van der Waals surface area contributed by atoms with Crippen LogP contribution in [0.4, 0.5) is 5.69 Å². The molecule has 4 bridgehead atoms. The summed E-state index contributed by atoms with van der Waals surface area (Å²) in [7, 11) is 3.38. The molecule has 0 saturated heterocycles. The maximum Gasteiger partial charge on any atom is 0.227 e. The van der Waals surface area contributed by atoms with E-state index < -0.39 is 5.60 Å². The van der Waals surface area contributed by atoms with Gasteiger partial charge in [0.15, 0.2) is 0 Å². The predicted octanol–water partition coefficient (Wildman–Crippen LogP) is 2.77. The van der Waals surface area contributed by atoms with Crippen molar-refractivity contribution in [2.45, 2.75) is 50.5 Å². The van der Waals surface area contributed by atoms with Gasteiger partial charge in [-0.1, -0.05) is 0 Å². The second-order valence-electron chi connectivity index (χ2n) is 8.37. The Morgan fingerprint density at radius 1 is 1.33 bits per heavy atom. The topological polar surface area (TPSA) is 62.7 Å². The van der Waals surface area contributed by atoms with Crippen LogP contribution in [-0.2, 0) is 4.79 Å². The van der Waals surface area contributed by atoms with Crippen LogP contribution >= 0.6 is 0 Å². The molecule has 1 N–H and O–H groups in total. The van der Waals surface area contributed by atoms with Crippen molar-refractivity contribution in [3.05, 3.63) is 18.3 Å². The number of anilines is 1. The first-order valence-corrected chi connectivity index (χ1v) is 8.89. The van der Waals surface area contributed by atoms with Gasteiger partial charge in [-0.25, -0.2) is 4.98 Å². The number of hydrogen-bond donors (Lipinski definition) is 1. The van der Waals surface area contributed by atoms with Crippen molar-refractivity contribution < 1.29 is 14.6 Å². The average Bonchev–Trinajstić information content (AvgIpc) is 2.51. The lowest BCUT2D eigenvalue weighted by Crippen LogP contribution is -2.56. The van der Waals surface area contributed by atoms with Gasteiger partial charge >= 0.3 is 0 Å². The Bertz CT molecular complexity index is 629. The summed E-state index contributed by atoms with van der Waals surface area (Å²) in [6.07, 6.45) is 8.34. The number of pyridine rings is 1. The maximum atomic E-state index is 12.9. The molecule has 4 saturated carbocycles. The fraction of sp³-hybridized carbons (Fsp3) is 0.684. The molecule has 0 radical (unpaired) electrons. The number of carbonyl (C=O) groups is 1. The number of aromatic nitrogens is 1. The van der Waals surface area contributed by atoms with Gasteiger partial charge in [-0.05, 0) is 61.8 Å². The smallest absolute Gasteiger partial charge is 0.227 e. The van der Waals surface area contributed by atoms with Gasteiger partial charge in [0, 0.05) is 19.5 Å². The van der Waals surface area contributed by atoms with Gasteiger partial charge in [-0.15, -0.1) is 0 Å². The molecule has 0 spiro atoms. The van der Waals surface area contributed by atoms with E-state index in [0.717, 1.165) is 37.8 Å². The SMILES string of the molecule is COc1ccc(N(C)C(=O)CC23CC4CC(CC(O)(C4)C2)C3)cn1. The highest BCUT2D eigenvalue weighted by Crippen LogP contribution is 2.62. The van der Waals surface area contributed by atoms with Crippen LogP contribution < -0.4 is 9.64 Å². The molecule has 1 amide bonds. The summed E-state index contributed by atoms with van der Waals surface area (Å²) in [5, 5.41) is 10.8. The Morgan fingerprint density at radius 3 is 2.58 bits per heavy atom. The van der Waals surface area contributed by atoms with E-state index in [9.17, 15) is 9.90 Å². The number of aliphatic hydroxyl groups is 1. The van der Waals surface area contributed by atoms with Crippen molar-refractivity contribution in [2.24, 2.45) is 17.3 Å². The quantitative estimate of drug-likeness (QED) is 0.922. The number of amides is 1. The summed E-state index contributed by atoms with van der Waals surface area (Å²) in [6, 6.07) is 3.63. The van der Waals surface area contributed by atoms with Crippen LogP contribution in [0.1, 0.15) is 44.9 Å². The lowest BCUT2D eigenvalue weighted by atomic mass is 9.47. The van der Waals surface area contributed by atoms with Crippen LogP contribution in [0.3, 0.4) is 0 Å². The van der Waals surface area contributed by atoms with E-state index >= 15 is 0 Å². The number of nitrogens with zero attached hydrogens (tertiary/aromatic N) is 2. The highest BCUT2D eigenvalue weighted by Gasteiger charge is 2.57. The Kier molecular flexibility index (Phi) is 3.60. The van der Waals surface area contributed by atoms with Gasteiger partial charge in [0.1, 0.15) is 0 Å². The molecular weight excluding hydrogens is 304 g/mol. The van der Waals surface area contributed by atoms with Crippen LogP contribution in [0, 0.1) is 17.3 Å². The molecule has 4 fully saturated rings. The van der Waals surface area contributed by atoms with Gasteiger partial charge in [0.05, 0.1) is 24.6 Å². The summed E-state index contributed by atoms with van der Waals surface area (Å²) in [6.45, 7) is 0. The van der Waals surface area contributed by atoms with Crippen LogP contribution in [0.2, 0.25) is 0 Å². The van der Waals surface area contributed by atoms with Crippen molar-refractivity contribution in [1.29, 1.82) is 0 Å². The lowest BCUT2D eigenvalue weighted by Gasteiger charge is -2.60. The molecule has 1 heterocycles. The fourth-order valence-corrected chi connectivity index (χ4v) is 5.88. The van der Waals surface area contributed by atoms with Gasteiger partial charge in [0.2, 0.25) is 11.8 Å². The third kappa shape index (κ3) is 2.69. The Hall–Kier alpha value is -1.62. The van der Waals surface area contributed by atoms with Crippen molar-refractivity contribution in [2.75, 3.05) is 19.1 Å². The third-order valence-corrected chi connectivity index (χ3v) is 6.37. The van der Waals surface area contributed by atoms with Gasteiger partial charge < -0.3 is 14.7 Å². The van der Waals surface area contributed by atoms with Crippen molar-refractivity contribution in [3.8, 4) is 5.88 Å². The molecule has 4 aliphatic carbocycles. The summed E-state index contributed by atoms with van der Waals surface area (Å²) >= 11 is 0. The van der Waals surface area contributed by atoms with E-state index in [-0.39, 0.29) is 11.3 Å². The summed E-state index contributed by atoms with van der Waals surface area (Å²) in [5.74, 6) is 1.88. The predicted molar refractivity (Wildman–Crippen MR) is 90.9 cm³/mol. The monoisotopic (exact) mass is 330 g/mol. The standard InChI is InChI=1S/C19H26N2O3/c1-21(15-3-4-16(24-2)20-11-15)17(22)10-18-6-13-5-14(7-18)9-19(23,8-13)12-18/h3-4,11,13-14,23H,5-10,12H2,1-2H3. The number of hydrogen-bond acceptors (Lipinski definition) is 4. The molecule has 1 aromatic rings. The van der Waals surface area contributed by atoms with Crippen molar-refractivity contribution in [3.63, 3.8) is 0 Å². The Balaban J connectivity index is 1.49. The fourth-order valence-electron chi connectivity index (χ4n) is 5.88. The van der Waals surface area contributed by atoms with Gasteiger partial charge in [-0.2, -0.15) is 0 Å². The van der Waals surface area contributed by atoms with Crippen molar-refractivity contribution in [1.82, 2.24) is 4.98 Å². The van der Waals surface area contributed by atoms with E-state index in [1.54, 1.807) is 31.3 Å². The third-order valence-electron chi connectivity index (χ3n) is 6.37. The molecule has 5 heteroatoms. The van der Waals surface area contributed by atoms with E-state index in [1.807, 2.05) is 6.07 Å². The summed E-state index contributed by atoms with van der Waals surface area (Å²) in [4.78, 5) is 18.7. The van der Waals surface area contributed by atoms with Gasteiger partial charge in [-0.3, -0.25) is 4.79 Å². The molecule has 130 valence electrons. The number of methoxy groups -OCH3 is 1. The highest BCUT2D eigenvalue weighted by atomic mass is 16.5. The van der Waals surface area contributed by atoms with E-state index in [2.05, 4.69) is 4.98 Å². The zero-order valence-corrected chi connectivity index (χ0v) is 14.5. The van der Waals surface area contributed by atoms with Crippen LogP contribution in [-0.4, -0.2) is 35.8 Å². The second kappa shape index (κ2) is 5.45. The zero-order valence-electron chi connectivity index (χ0n) is 14.5. The molecule has 0 aliphatic heterocycles. The number of rotatable bonds is 4. The van der Waals surface area contributed by atoms with Crippen LogP contribution in [0.25, 0.3) is 0 Å². The largest absolute Gasteiger partial charge is 0.481 e. The van der Waals surface area contributed by atoms with E-state index in [0.29, 0.717) is 24.1 Å². The normalized spacial score (nSPS) is 36.6. The zero-order chi connectivity index (χ0) is 16.9.